The molecule has 29 heavy (non-hydrogen) atoms. The third-order valence-electron chi connectivity index (χ3n) is 3.95. The van der Waals surface area contributed by atoms with Gasteiger partial charge in [-0.1, -0.05) is 24.3 Å². The molecule has 3 N–H and O–H groups in total. The minimum atomic E-state index is -1.01. The monoisotopic (exact) mass is 394 g/mol. The molecule has 1 heterocycles. The number of rotatable bonds is 9. The molecule has 0 saturated heterocycles. The van der Waals surface area contributed by atoms with Crippen molar-refractivity contribution in [1.82, 2.24) is 9.97 Å². The van der Waals surface area contributed by atoms with E-state index in [1.807, 2.05) is 31.2 Å². The Morgan fingerprint density at radius 1 is 1.00 bits per heavy atom. The van der Waals surface area contributed by atoms with Crippen LogP contribution in [0.3, 0.4) is 0 Å². The van der Waals surface area contributed by atoms with Gasteiger partial charge in [-0.05, 0) is 31.2 Å². The number of nitrogens with one attached hydrogen (secondary N) is 2. The normalized spacial score (nSPS) is 10.4. The smallest absolute Gasteiger partial charge is 0.337 e. The van der Waals surface area contributed by atoms with Crippen molar-refractivity contribution in [3.05, 3.63) is 65.9 Å². The molecule has 0 atom stereocenters. The number of carboxylic acids is 1. The molecule has 1 aromatic heterocycles. The molecule has 0 aliphatic rings. The number of hydrogen-bond acceptors (Lipinski definition) is 7. The number of ether oxygens (including phenoxy) is 2. The zero-order chi connectivity index (χ0) is 20.6. The Hall–Kier alpha value is -3.65. The largest absolute Gasteiger partial charge is 0.489 e. The molecule has 0 aliphatic carbocycles. The highest BCUT2D eigenvalue weighted by atomic mass is 16.5. The van der Waals surface area contributed by atoms with Gasteiger partial charge >= 0.3 is 5.97 Å². The second-order valence-corrected chi connectivity index (χ2v) is 6.16. The Morgan fingerprint density at radius 3 is 2.48 bits per heavy atom. The van der Waals surface area contributed by atoms with Crippen LogP contribution in [0.15, 0.2) is 54.6 Å². The van der Waals surface area contributed by atoms with Gasteiger partial charge in [0.25, 0.3) is 0 Å². The van der Waals surface area contributed by atoms with Crippen molar-refractivity contribution in [2.75, 3.05) is 31.0 Å². The highest BCUT2D eigenvalue weighted by Gasteiger charge is 2.11. The quantitative estimate of drug-likeness (QED) is 0.468. The first-order valence-corrected chi connectivity index (χ1v) is 8.99. The van der Waals surface area contributed by atoms with Crippen LogP contribution in [0.25, 0.3) is 0 Å². The molecular weight excluding hydrogens is 372 g/mol. The second kappa shape index (κ2) is 9.52. The van der Waals surface area contributed by atoms with Gasteiger partial charge in [0.2, 0.25) is 5.95 Å². The molecule has 0 saturated carbocycles. The van der Waals surface area contributed by atoms with E-state index in [1.54, 1.807) is 31.4 Å². The lowest BCUT2D eigenvalue weighted by atomic mass is 10.2. The van der Waals surface area contributed by atoms with Gasteiger partial charge in [-0.25, -0.2) is 9.78 Å². The molecule has 0 bridgehead atoms. The molecular formula is C21H22N4O4. The number of nitrogens with zero attached hydrogens (tertiary/aromatic N) is 2. The molecule has 8 heteroatoms. The highest BCUT2D eigenvalue weighted by molar-refractivity contribution is 5.95. The lowest BCUT2D eigenvalue weighted by Crippen LogP contribution is -2.08. The van der Waals surface area contributed by atoms with E-state index in [0.29, 0.717) is 42.1 Å². The van der Waals surface area contributed by atoms with Gasteiger partial charge in [-0.15, -0.1) is 0 Å². The summed E-state index contributed by atoms with van der Waals surface area (Å²) in [6, 6.07) is 15.9. The van der Waals surface area contributed by atoms with Crippen LogP contribution >= 0.6 is 0 Å². The number of aromatic carboxylic acids is 1. The first-order valence-electron chi connectivity index (χ1n) is 8.99. The molecule has 0 amide bonds. The van der Waals surface area contributed by atoms with Gasteiger partial charge < -0.3 is 25.2 Å². The second-order valence-electron chi connectivity index (χ2n) is 6.16. The summed E-state index contributed by atoms with van der Waals surface area (Å²) in [5.41, 5.74) is 2.05. The van der Waals surface area contributed by atoms with Gasteiger partial charge in [-0.2, -0.15) is 4.98 Å². The Labute approximate surface area is 168 Å². The summed E-state index contributed by atoms with van der Waals surface area (Å²) < 4.78 is 10.7. The van der Waals surface area contributed by atoms with E-state index in [-0.39, 0.29) is 5.56 Å². The number of aryl methyl sites for hydroxylation is 1. The molecule has 0 spiro atoms. The van der Waals surface area contributed by atoms with Crippen LogP contribution in [0, 0.1) is 6.92 Å². The first kappa shape index (κ1) is 20.1. The van der Waals surface area contributed by atoms with E-state index >= 15 is 0 Å². The molecule has 0 aliphatic heterocycles. The number of carboxylic acid groups (broad SMARTS) is 1. The van der Waals surface area contributed by atoms with Crippen molar-refractivity contribution in [3.63, 3.8) is 0 Å². The van der Waals surface area contributed by atoms with Crippen LogP contribution < -0.4 is 15.4 Å². The SMILES string of the molecule is COCCOc1ccccc1Nc1nc(C)cc(Nc2ccccc2C(=O)O)n1. The van der Waals surface area contributed by atoms with Crippen molar-refractivity contribution < 1.29 is 19.4 Å². The maximum absolute atomic E-state index is 11.4. The average Bonchev–Trinajstić information content (AvgIpc) is 2.69. The lowest BCUT2D eigenvalue weighted by Gasteiger charge is -2.14. The minimum absolute atomic E-state index is 0.162. The Morgan fingerprint density at radius 2 is 1.72 bits per heavy atom. The van der Waals surface area contributed by atoms with Gasteiger partial charge in [-0.3, -0.25) is 0 Å². The first-order chi connectivity index (χ1) is 14.1. The number of para-hydroxylation sites is 3. The average molecular weight is 394 g/mol. The zero-order valence-electron chi connectivity index (χ0n) is 16.2. The van der Waals surface area contributed by atoms with Gasteiger partial charge in [0, 0.05) is 18.9 Å². The number of benzene rings is 2. The predicted molar refractivity (Wildman–Crippen MR) is 111 cm³/mol. The predicted octanol–water partition coefficient (Wildman–Crippen LogP) is 4.00. The molecule has 8 nitrogen and oxygen atoms in total. The van der Waals surface area contributed by atoms with E-state index in [1.165, 1.54) is 6.07 Å². The van der Waals surface area contributed by atoms with Crippen LogP contribution in [0.1, 0.15) is 16.1 Å². The molecule has 3 aromatic rings. The number of carbonyl (C=O) groups is 1. The summed E-state index contributed by atoms with van der Waals surface area (Å²) in [5.74, 6) is 0.481. The van der Waals surface area contributed by atoms with Gasteiger partial charge in [0.05, 0.1) is 23.5 Å². The van der Waals surface area contributed by atoms with E-state index in [9.17, 15) is 9.90 Å². The Balaban J connectivity index is 1.83. The fourth-order valence-electron chi connectivity index (χ4n) is 2.66. The summed E-state index contributed by atoms with van der Waals surface area (Å²) in [5, 5.41) is 15.6. The van der Waals surface area contributed by atoms with Crippen molar-refractivity contribution in [2.24, 2.45) is 0 Å². The summed E-state index contributed by atoms with van der Waals surface area (Å²) >= 11 is 0. The molecule has 0 fully saturated rings. The number of aromatic nitrogens is 2. The van der Waals surface area contributed by atoms with E-state index in [4.69, 9.17) is 9.47 Å². The lowest BCUT2D eigenvalue weighted by molar-refractivity contribution is 0.0698. The van der Waals surface area contributed by atoms with Crippen LogP contribution in [0.5, 0.6) is 5.75 Å². The topological polar surface area (TPSA) is 106 Å². The fourth-order valence-corrected chi connectivity index (χ4v) is 2.66. The Kier molecular flexibility index (Phi) is 6.59. The molecule has 0 unspecified atom stereocenters. The Bertz CT molecular complexity index is 994. The fraction of sp³-hybridized carbons (Fsp3) is 0.190. The maximum atomic E-state index is 11.4. The summed E-state index contributed by atoms with van der Waals surface area (Å²) in [6.45, 7) is 2.73. The summed E-state index contributed by atoms with van der Waals surface area (Å²) in [4.78, 5) is 20.3. The van der Waals surface area contributed by atoms with Crippen molar-refractivity contribution in [1.29, 1.82) is 0 Å². The van der Waals surface area contributed by atoms with Crippen molar-refractivity contribution in [2.45, 2.75) is 6.92 Å². The van der Waals surface area contributed by atoms with E-state index in [0.717, 1.165) is 5.69 Å². The summed E-state index contributed by atoms with van der Waals surface area (Å²) in [7, 11) is 1.62. The third-order valence-corrected chi connectivity index (χ3v) is 3.95. The standard InChI is InChI=1S/C21H22N4O4/c1-14-13-19(23-16-8-4-3-7-15(16)20(26)27)25-21(22-14)24-17-9-5-6-10-18(17)29-12-11-28-2/h3-10,13H,11-12H2,1-2H3,(H,26,27)(H2,22,23,24,25). The third kappa shape index (κ3) is 5.43. The number of methoxy groups -OCH3 is 1. The van der Waals surface area contributed by atoms with Crippen LogP contribution in [0.2, 0.25) is 0 Å². The molecule has 3 rings (SSSR count). The number of hydrogen-bond donors (Lipinski definition) is 3. The highest BCUT2D eigenvalue weighted by Crippen LogP contribution is 2.27. The van der Waals surface area contributed by atoms with Crippen LogP contribution in [-0.4, -0.2) is 41.4 Å². The molecule has 2 aromatic carbocycles. The van der Waals surface area contributed by atoms with Gasteiger partial charge in [0.15, 0.2) is 0 Å². The molecule has 150 valence electrons. The minimum Gasteiger partial charge on any atom is -0.489 e. The maximum Gasteiger partial charge on any atom is 0.337 e. The van der Waals surface area contributed by atoms with E-state index in [2.05, 4.69) is 20.6 Å². The molecule has 0 radical (unpaired) electrons. The van der Waals surface area contributed by atoms with E-state index < -0.39 is 5.97 Å². The zero-order valence-corrected chi connectivity index (χ0v) is 16.2. The summed E-state index contributed by atoms with van der Waals surface area (Å²) in [6.07, 6.45) is 0. The van der Waals surface area contributed by atoms with Crippen molar-refractivity contribution >= 4 is 29.1 Å². The van der Waals surface area contributed by atoms with Gasteiger partial charge in [0.1, 0.15) is 18.2 Å². The van der Waals surface area contributed by atoms with Crippen LogP contribution in [-0.2, 0) is 4.74 Å². The number of anilines is 4. The van der Waals surface area contributed by atoms with Crippen molar-refractivity contribution in [3.8, 4) is 5.75 Å². The van der Waals surface area contributed by atoms with Crippen LogP contribution in [0.4, 0.5) is 23.1 Å².